The number of esters is 1. The molecule has 0 aromatic heterocycles. The van der Waals surface area contributed by atoms with Crippen LogP contribution in [-0.2, 0) is 9.47 Å². The highest BCUT2D eigenvalue weighted by atomic mass is 16.5. The predicted molar refractivity (Wildman–Crippen MR) is 62.5 cm³/mol. The van der Waals surface area contributed by atoms with Crippen LogP contribution in [0, 0.1) is 0 Å². The van der Waals surface area contributed by atoms with E-state index in [2.05, 4.69) is 9.64 Å². The van der Waals surface area contributed by atoms with Crippen LogP contribution < -0.4 is 4.90 Å². The summed E-state index contributed by atoms with van der Waals surface area (Å²) in [7, 11) is 1.29. The maximum absolute atomic E-state index is 11.4. The van der Waals surface area contributed by atoms with Crippen LogP contribution in [-0.4, -0.2) is 44.5 Å². The number of hydrogen-bond donors (Lipinski definition) is 1. The number of rotatable bonds is 2. The third kappa shape index (κ3) is 2.50. The van der Waals surface area contributed by atoms with Crippen molar-refractivity contribution < 1.29 is 19.4 Å². The minimum absolute atomic E-state index is 0.0612. The highest BCUT2D eigenvalue weighted by molar-refractivity contribution is 5.93. The number of anilines is 1. The first kappa shape index (κ1) is 11.7. The van der Waals surface area contributed by atoms with Gasteiger partial charge in [-0.2, -0.15) is 0 Å². The van der Waals surface area contributed by atoms with Crippen LogP contribution in [0.25, 0.3) is 0 Å². The largest absolute Gasteiger partial charge is 0.507 e. The lowest BCUT2D eigenvalue weighted by Crippen LogP contribution is -2.36. The Morgan fingerprint density at radius 1 is 1.41 bits per heavy atom. The summed E-state index contributed by atoms with van der Waals surface area (Å²) in [4.78, 5) is 13.6. The molecule has 1 heterocycles. The Morgan fingerprint density at radius 3 is 2.76 bits per heavy atom. The maximum atomic E-state index is 11.4. The fourth-order valence-corrected chi connectivity index (χ4v) is 1.82. The van der Waals surface area contributed by atoms with E-state index < -0.39 is 5.97 Å². The standard InChI is InChI=1S/C12H15NO4/c1-16-12(15)10-8-9(2-3-11(10)14)13-4-6-17-7-5-13/h2-3,8,14H,4-7H2,1H3. The van der Waals surface area contributed by atoms with Gasteiger partial charge >= 0.3 is 5.97 Å². The Hall–Kier alpha value is -1.75. The molecule has 1 aromatic rings. The average molecular weight is 237 g/mol. The molecular formula is C12H15NO4. The zero-order valence-electron chi connectivity index (χ0n) is 9.68. The number of ether oxygens (including phenoxy) is 2. The van der Waals surface area contributed by atoms with Gasteiger partial charge in [-0.25, -0.2) is 4.79 Å². The van der Waals surface area contributed by atoms with E-state index in [1.54, 1.807) is 12.1 Å². The molecule has 5 heteroatoms. The van der Waals surface area contributed by atoms with Crippen molar-refractivity contribution in [2.45, 2.75) is 0 Å². The molecule has 1 aliphatic rings. The fraction of sp³-hybridized carbons (Fsp3) is 0.417. The summed E-state index contributed by atoms with van der Waals surface area (Å²) in [6, 6.07) is 4.94. The molecule has 5 nitrogen and oxygen atoms in total. The number of phenolic OH excluding ortho intramolecular Hbond substituents is 1. The van der Waals surface area contributed by atoms with Crippen LogP contribution in [0.5, 0.6) is 5.75 Å². The molecule has 1 saturated heterocycles. The lowest BCUT2D eigenvalue weighted by atomic mass is 10.1. The quantitative estimate of drug-likeness (QED) is 0.778. The van der Waals surface area contributed by atoms with Crippen molar-refractivity contribution in [3.05, 3.63) is 23.8 Å². The molecule has 1 aromatic carbocycles. The number of phenols is 1. The van der Waals surface area contributed by atoms with Crippen LogP contribution in [0.3, 0.4) is 0 Å². The summed E-state index contributed by atoms with van der Waals surface area (Å²) < 4.78 is 9.88. The highest BCUT2D eigenvalue weighted by Crippen LogP contribution is 2.25. The molecule has 0 bridgehead atoms. The number of aromatic hydroxyl groups is 1. The number of carbonyl (C=O) groups is 1. The molecule has 0 spiro atoms. The second-order valence-electron chi connectivity index (χ2n) is 3.79. The van der Waals surface area contributed by atoms with Crippen molar-refractivity contribution in [1.82, 2.24) is 0 Å². The van der Waals surface area contributed by atoms with E-state index >= 15 is 0 Å². The Morgan fingerprint density at radius 2 is 2.12 bits per heavy atom. The lowest BCUT2D eigenvalue weighted by molar-refractivity contribution is 0.0597. The van der Waals surface area contributed by atoms with Crippen molar-refractivity contribution in [2.75, 3.05) is 38.3 Å². The summed E-state index contributed by atoms with van der Waals surface area (Å²) in [5, 5.41) is 9.59. The van der Waals surface area contributed by atoms with E-state index in [1.807, 2.05) is 0 Å². The third-order valence-corrected chi connectivity index (χ3v) is 2.76. The van der Waals surface area contributed by atoms with E-state index in [-0.39, 0.29) is 11.3 Å². The zero-order valence-corrected chi connectivity index (χ0v) is 9.68. The van der Waals surface area contributed by atoms with Gasteiger partial charge in [0.05, 0.1) is 20.3 Å². The molecular weight excluding hydrogens is 222 g/mol. The second-order valence-corrected chi connectivity index (χ2v) is 3.79. The zero-order chi connectivity index (χ0) is 12.3. The molecule has 0 saturated carbocycles. The smallest absolute Gasteiger partial charge is 0.341 e. The molecule has 1 fully saturated rings. The minimum Gasteiger partial charge on any atom is -0.507 e. The highest BCUT2D eigenvalue weighted by Gasteiger charge is 2.16. The van der Waals surface area contributed by atoms with E-state index in [9.17, 15) is 9.90 Å². The van der Waals surface area contributed by atoms with E-state index in [0.717, 1.165) is 18.8 Å². The third-order valence-electron chi connectivity index (χ3n) is 2.76. The number of carbonyl (C=O) groups excluding carboxylic acids is 1. The fourth-order valence-electron chi connectivity index (χ4n) is 1.82. The molecule has 92 valence electrons. The summed E-state index contributed by atoms with van der Waals surface area (Å²) in [5.41, 5.74) is 1.09. The Balaban J connectivity index is 2.26. The SMILES string of the molecule is COC(=O)c1cc(N2CCOCC2)ccc1O. The Kier molecular flexibility index (Phi) is 3.49. The number of benzene rings is 1. The first-order valence-corrected chi connectivity index (χ1v) is 5.46. The summed E-state index contributed by atoms with van der Waals surface area (Å²) in [6.07, 6.45) is 0. The van der Waals surface area contributed by atoms with Gasteiger partial charge < -0.3 is 19.5 Å². The number of methoxy groups -OCH3 is 1. The van der Waals surface area contributed by atoms with Crippen LogP contribution in [0.2, 0.25) is 0 Å². The Bertz CT molecular complexity index is 413. The maximum Gasteiger partial charge on any atom is 0.341 e. The number of morpholine rings is 1. The van der Waals surface area contributed by atoms with Gasteiger partial charge in [-0.3, -0.25) is 0 Å². The first-order chi connectivity index (χ1) is 8.22. The average Bonchev–Trinajstić information content (AvgIpc) is 2.39. The molecule has 1 aliphatic heterocycles. The van der Waals surface area contributed by atoms with Crippen LogP contribution in [0.1, 0.15) is 10.4 Å². The van der Waals surface area contributed by atoms with Crippen molar-refractivity contribution in [3.8, 4) is 5.75 Å². The first-order valence-electron chi connectivity index (χ1n) is 5.46. The van der Waals surface area contributed by atoms with Gasteiger partial charge in [0.2, 0.25) is 0 Å². The summed E-state index contributed by atoms with van der Waals surface area (Å²) in [6.45, 7) is 2.92. The number of hydrogen-bond acceptors (Lipinski definition) is 5. The van der Waals surface area contributed by atoms with Gasteiger partial charge in [0.1, 0.15) is 11.3 Å². The molecule has 0 aliphatic carbocycles. The summed E-state index contributed by atoms with van der Waals surface area (Å²) >= 11 is 0. The van der Waals surface area contributed by atoms with Crippen molar-refractivity contribution in [2.24, 2.45) is 0 Å². The molecule has 0 radical (unpaired) electrons. The van der Waals surface area contributed by atoms with E-state index in [4.69, 9.17) is 4.74 Å². The van der Waals surface area contributed by atoms with Gasteiger partial charge in [-0.15, -0.1) is 0 Å². The van der Waals surface area contributed by atoms with Crippen molar-refractivity contribution in [3.63, 3.8) is 0 Å². The van der Waals surface area contributed by atoms with Gasteiger partial charge in [-0.1, -0.05) is 0 Å². The van der Waals surface area contributed by atoms with Gasteiger partial charge in [0.25, 0.3) is 0 Å². The normalized spacial score (nSPS) is 15.7. The molecule has 2 rings (SSSR count). The monoisotopic (exact) mass is 237 g/mol. The second kappa shape index (κ2) is 5.05. The van der Waals surface area contributed by atoms with E-state index in [0.29, 0.717) is 13.2 Å². The lowest BCUT2D eigenvalue weighted by Gasteiger charge is -2.29. The molecule has 17 heavy (non-hydrogen) atoms. The van der Waals surface area contributed by atoms with Crippen LogP contribution in [0.15, 0.2) is 18.2 Å². The van der Waals surface area contributed by atoms with E-state index in [1.165, 1.54) is 13.2 Å². The summed E-state index contributed by atoms with van der Waals surface area (Å²) in [5.74, 6) is -0.591. The topological polar surface area (TPSA) is 59.0 Å². The predicted octanol–water partition coefficient (Wildman–Crippen LogP) is 1.02. The Labute approximate surface area is 99.6 Å². The van der Waals surface area contributed by atoms with Crippen LogP contribution >= 0.6 is 0 Å². The van der Waals surface area contributed by atoms with Crippen molar-refractivity contribution >= 4 is 11.7 Å². The molecule has 0 atom stereocenters. The number of nitrogens with zero attached hydrogens (tertiary/aromatic N) is 1. The molecule has 0 amide bonds. The van der Waals surface area contributed by atoms with Gasteiger partial charge in [-0.05, 0) is 18.2 Å². The van der Waals surface area contributed by atoms with Gasteiger partial charge in [0, 0.05) is 18.8 Å². The molecule has 0 unspecified atom stereocenters. The minimum atomic E-state index is -0.530. The van der Waals surface area contributed by atoms with Crippen LogP contribution in [0.4, 0.5) is 5.69 Å². The van der Waals surface area contributed by atoms with Crippen molar-refractivity contribution in [1.29, 1.82) is 0 Å². The molecule has 1 N–H and O–H groups in total. The van der Waals surface area contributed by atoms with Gasteiger partial charge in [0.15, 0.2) is 0 Å².